The average Bonchev–Trinajstić information content (AvgIpc) is 1.00. The first-order chi connectivity index (χ1) is 1.00. The Morgan fingerprint density at radius 3 is 1.00 bits per heavy atom. The van der Waals surface area contributed by atoms with Crippen LogP contribution >= 0.6 is 13.0 Å². The summed E-state index contributed by atoms with van der Waals surface area (Å²) in [5, 5.41) is 0. The molecule has 0 amide bonds. The van der Waals surface area contributed by atoms with E-state index >= 15 is 0 Å². The number of hydrogen-bond acceptors (Lipinski definition) is 0. The summed E-state index contributed by atoms with van der Waals surface area (Å²) >= 11 is 5.51. The molecule has 0 aliphatic carbocycles. The first-order valence-corrected chi connectivity index (χ1v) is 3.50. The summed E-state index contributed by atoms with van der Waals surface area (Å²) in [6.45, 7) is 0. The summed E-state index contributed by atoms with van der Waals surface area (Å²) in [4.78, 5) is 0. The van der Waals surface area contributed by atoms with Gasteiger partial charge in [-0.05, 0) is 0 Å². The second-order valence-electron chi connectivity index (χ2n) is 0. The molecule has 0 saturated carbocycles. The Labute approximate surface area is 64.1 Å². The van der Waals surface area contributed by atoms with Gasteiger partial charge in [0.25, 0.3) is 0 Å². The maximum atomic E-state index is 2.76. The number of hydrogen-bond donors (Lipinski definition) is 0. The van der Waals surface area contributed by atoms with Gasteiger partial charge >= 0.3 is 53.7 Å². The van der Waals surface area contributed by atoms with Crippen molar-refractivity contribution in [3.63, 3.8) is 0 Å². The normalized spacial score (nSPS) is 1.40. The summed E-state index contributed by atoms with van der Waals surface area (Å²) in [6.07, 6.45) is 0. The van der Waals surface area contributed by atoms with Gasteiger partial charge in [0.05, 0.1) is 0 Å². The molecule has 0 unspecified atom stereocenters. The molecule has 5 heavy (non-hydrogen) atoms. The van der Waals surface area contributed by atoms with Crippen molar-refractivity contribution in [1.29, 1.82) is 0 Å². The van der Waals surface area contributed by atoms with E-state index in [0.29, 0.717) is 0 Å². The summed E-state index contributed by atoms with van der Waals surface area (Å²) in [6, 6.07) is 0. The molecule has 0 aromatic carbocycles. The molecule has 0 radical (unpaired) electrons. The van der Waals surface area contributed by atoms with Crippen LogP contribution in [0.1, 0.15) is 0 Å². The summed E-state index contributed by atoms with van der Waals surface area (Å²) in [7, 11) is 0. The molecule has 0 bridgehead atoms. The van der Waals surface area contributed by atoms with Gasteiger partial charge in [0.15, 0.2) is 0 Å². The molecule has 0 heterocycles. The van der Waals surface area contributed by atoms with Crippen LogP contribution in [0.2, 0.25) is 0 Å². The maximum absolute atomic E-state index is 2.76. The Balaban J connectivity index is -0.00000000167. The smallest absolute Gasteiger partial charge is 2.00 e. The van der Waals surface area contributed by atoms with Crippen molar-refractivity contribution in [3.05, 3.63) is 0 Å². The van der Waals surface area contributed by atoms with Crippen LogP contribution in [-0.4, -0.2) is 0 Å². The third kappa shape index (κ3) is 25.3. The van der Waals surface area contributed by atoms with Gasteiger partial charge in [0, 0.05) is 0 Å². The van der Waals surface area contributed by atoms with Gasteiger partial charge in [-0.1, -0.05) is 0 Å². The van der Waals surface area contributed by atoms with Crippen LogP contribution in [0.4, 0.5) is 0 Å². The van der Waals surface area contributed by atoms with Crippen molar-refractivity contribution in [2.24, 2.45) is 0 Å². The minimum absolute atomic E-state index is 0. The second kappa shape index (κ2) is 40.1. The Hall–Kier alpha value is 1.85. The van der Waals surface area contributed by atoms with E-state index in [1.54, 1.807) is 0 Å². The maximum Gasteiger partial charge on any atom is 4.00 e. The number of halogens is 1. The standard InChI is InChI=1S/Ag.BrH.2O.Ti/h;1H;;;/q+1;;2*-2;+4/p-1. The summed E-state index contributed by atoms with van der Waals surface area (Å²) < 4.78 is 0. The van der Waals surface area contributed by atoms with E-state index in [1.807, 2.05) is 0 Å². The van der Waals surface area contributed by atoms with Gasteiger partial charge in [-0.15, -0.1) is 0 Å². The fourth-order valence-corrected chi connectivity index (χ4v) is 0. The Morgan fingerprint density at radius 2 is 1.00 bits per heavy atom. The molecule has 0 atom stereocenters. The van der Waals surface area contributed by atoms with E-state index in [2.05, 4.69) is 32.0 Å². The van der Waals surface area contributed by atoms with Gasteiger partial charge in [-0.2, -0.15) is 0 Å². The summed E-state index contributed by atoms with van der Waals surface area (Å²) in [5.41, 5.74) is 0. The molecule has 0 fully saturated rings. The largest absolute Gasteiger partial charge is 4.00 e. The monoisotopic (exact) mass is 266 g/mol. The molecule has 0 N–H and O–H groups in total. The Kier molecular flexibility index (Phi) is 231. The van der Waals surface area contributed by atoms with E-state index in [9.17, 15) is 0 Å². The van der Waals surface area contributed by atoms with Crippen molar-refractivity contribution in [2.45, 2.75) is 0 Å². The molecule has 0 aromatic heterocycles. The minimum Gasteiger partial charge on any atom is -2.00 e. The SMILES string of the molecule is [Br][Ag].[O-2].[O-2].[Ti+4]. The van der Waals surface area contributed by atoms with Crippen molar-refractivity contribution >= 4 is 13.0 Å². The molecule has 0 aromatic rings. The van der Waals surface area contributed by atoms with Gasteiger partial charge in [0.1, 0.15) is 0 Å². The van der Waals surface area contributed by atoms with E-state index < -0.39 is 0 Å². The van der Waals surface area contributed by atoms with Crippen molar-refractivity contribution in [1.82, 2.24) is 0 Å². The predicted octanol–water partition coefficient (Wildman–Crippen LogP) is 0.603. The van der Waals surface area contributed by atoms with Gasteiger partial charge < -0.3 is 11.0 Å². The molecule has 0 rings (SSSR count). The zero-order valence-corrected chi connectivity index (χ0v) is 6.63. The Morgan fingerprint density at radius 1 is 1.00 bits per heavy atom. The van der Waals surface area contributed by atoms with Crippen LogP contribution < -0.4 is 0 Å². The van der Waals surface area contributed by atoms with E-state index in [-0.39, 0.29) is 32.7 Å². The van der Waals surface area contributed by atoms with Crippen LogP contribution in [0, 0.1) is 0 Å². The van der Waals surface area contributed by atoms with Crippen molar-refractivity contribution in [2.75, 3.05) is 0 Å². The molecule has 0 saturated heterocycles. The van der Waals surface area contributed by atoms with Crippen molar-refractivity contribution < 1.29 is 51.6 Å². The zero-order chi connectivity index (χ0) is 2.00. The van der Waals surface area contributed by atoms with Gasteiger partial charge in [0.2, 0.25) is 0 Å². The van der Waals surface area contributed by atoms with Crippen LogP contribution in [0.15, 0.2) is 0 Å². The molecule has 0 aliphatic heterocycles. The fraction of sp³-hybridized carbons (Fsp3) is 0. The zero-order valence-electron chi connectivity index (χ0n) is 2.00. The first kappa shape index (κ1) is 28.8. The van der Waals surface area contributed by atoms with E-state index in [4.69, 9.17) is 0 Å². The third-order valence-electron chi connectivity index (χ3n) is 0. The quantitative estimate of drug-likeness (QED) is 0.577. The minimum atomic E-state index is 0. The third-order valence-corrected chi connectivity index (χ3v) is 0. The second-order valence-corrected chi connectivity index (χ2v) is 0. The fourth-order valence-electron chi connectivity index (χ4n) is 0. The molecule has 34 valence electrons. The van der Waals surface area contributed by atoms with Crippen LogP contribution in [0.5, 0.6) is 0 Å². The Bertz CT molecular complexity index is 9.61. The van der Waals surface area contributed by atoms with Gasteiger partial charge in [-0.25, -0.2) is 0 Å². The first-order valence-electron chi connectivity index (χ1n) is 0.114. The summed E-state index contributed by atoms with van der Waals surface area (Å²) in [5.74, 6) is 0. The van der Waals surface area contributed by atoms with Crippen LogP contribution in [0.3, 0.4) is 0 Å². The molecule has 2 nitrogen and oxygen atoms in total. The molecule has 0 aliphatic rings. The molecule has 5 heteroatoms. The number of rotatable bonds is 0. The van der Waals surface area contributed by atoms with Crippen LogP contribution in [0.25, 0.3) is 0 Å². The van der Waals surface area contributed by atoms with E-state index in [1.165, 1.54) is 0 Å². The molecular formula is AgBrO2Ti. The van der Waals surface area contributed by atoms with Gasteiger partial charge in [-0.3, -0.25) is 0 Å². The van der Waals surface area contributed by atoms with E-state index in [0.717, 1.165) is 0 Å². The molecule has 0 spiro atoms. The van der Waals surface area contributed by atoms with Crippen LogP contribution in [-0.2, 0) is 51.6 Å². The topological polar surface area (TPSA) is 57.0 Å². The average molecular weight is 268 g/mol. The predicted molar refractivity (Wildman–Crippen MR) is 10.3 cm³/mol. The van der Waals surface area contributed by atoms with Crippen molar-refractivity contribution in [3.8, 4) is 0 Å². The molecular weight excluding hydrogens is 268 g/mol.